The number of fused-ring (bicyclic) bond motifs is 1. The highest BCUT2D eigenvalue weighted by molar-refractivity contribution is 5.90. The monoisotopic (exact) mass is 264 g/mol. The van der Waals surface area contributed by atoms with Crippen molar-refractivity contribution in [2.45, 2.75) is 26.3 Å². The van der Waals surface area contributed by atoms with E-state index in [4.69, 9.17) is 0 Å². The van der Waals surface area contributed by atoms with E-state index in [1.807, 2.05) is 24.9 Å². The Balaban J connectivity index is 2.58. The van der Waals surface area contributed by atoms with E-state index in [1.54, 1.807) is 0 Å². The van der Waals surface area contributed by atoms with Gasteiger partial charge < -0.3 is 14.6 Å². The van der Waals surface area contributed by atoms with E-state index >= 15 is 0 Å². The summed E-state index contributed by atoms with van der Waals surface area (Å²) in [4.78, 5) is 2.10. The van der Waals surface area contributed by atoms with Crippen LogP contribution in [0, 0.1) is 5.82 Å². The maximum absolute atomic E-state index is 13.5. The molecule has 1 N–H and O–H groups in total. The van der Waals surface area contributed by atoms with Gasteiger partial charge >= 0.3 is 0 Å². The van der Waals surface area contributed by atoms with Crippen LogP contribution in [0.1, 0.15) is 25.5 Å². The Morgan fingerprint density at radius 2 is 2.00 bits per heavy atom. The fourth-order valence-electron chi connectivity index (χ4n) is 2.37. The van der Waals surface area contributed by atoms with Gasteiger partial charge in [-0.3, -0.25) is 0 Å². The standard InChI is InChI=1S/C15H21FN2O/c1-10(2)18-9-11(5-6-17(3)4)15-13(18)7-12(16)8-14(15)19/h7-10,19H,5-6H2,1-4H3. The maximum Gasteiger partial charge on any atom is 0.129 e. The van der Waals surface area contributed by atoms with Crippen LogP contribution in [-0.2, 0) is 6.42 Å². The highest BCUT2D eigenvalue weighted by Crippen LogP contribution is 2.33. The lowest BCUT2D eigenvalue weighted by Gasteiger charge is -2.09. The highest BCUT2D eigenvalue weighted by atomic mass is 19.1. The molecular weight excluding hydrogens is 243 g/mol. The first-order valence-corrected chi connectivity index (χ1v) is 6.56. The van der Waals surface area contributed by atoms with Crippen LogP contribution in [0.3, 0.4) is 0 Å². The summed E-state index contributed by atoms with van der Waals surface area (Å²) in [6, 6.07) is 2.91. The minimum Gasteiger partial charge on any atom is -0.507 e. The lowest BCUT2D eigenvalue weighted by atomic mass is 10.1. The molecule has 0 aliphatic heterocycles. The number of hydrogen-bond acceptors (Lipinski definition) is 2. The van der Waals surface area contributed by atoms with Crippen molar-refractivity contribution in [2.75, 3.05) is 20.6 Å². The molecule has 0 unspecified atom stereocenters. The molecule has 1 heterocycles. The lowest BCUT2D eigenvalue weighted by Crippen LogP contribution is -2.14. The van der Waals surface area contributed by atoms with Gasteiger partial charge in [-0.1, -0.05) is 0 Å². The highest BCUT2D eigenvalue weighted by Gasteiger charge is 2.15. The largest absolute Gasteiger partial charge is 0.507 e. The molecule has 0 saturated heterocycles. The van der Waals surface area contributed by atoms with Crippen molar-refractivity contribution in [1.29, 1.82) is 0 Å². The third-order valence-corrected chi connectivity index (χ3v) is 3.34. The van der Waals surface area contributed by atoms with Gasteiger partial charge in [-0.05, 0) is 46.0 Å². The smallest absolute Gasteiger partial charge is 0.129 e. The molecule has 104 valence electrons. The van der Waals surface area contributed by atoms with E-state index in [2.05, 4.69) is 18.7 Å². The molecule has 0 bridgehead atoms. The quantitative estimate of drug-likeness (QED) is 0.918. The second-order valence-electron chi connectivity index (χ2n) is 5.53. The zero-order chi connectivity index (χ0) is 14.2. The van der Waals surface area contributed by atoms with Crippen LogP contribution in [0.25, 0.3) is 10.9 Å². The molecule has 2 rings (SSSR count). The van der Waals surface area contributed by atoms with Crippen LogP contribution in [0.2, 0.25) is 0 Å². The molecule has 0 spiro atoms. The van der Waals surface area contributed by atoms with Crippen molar-refractivity contribution in [3.63, 3.8) is 0 Å². The van der Waals surface area contributed by atoms with Crippen molar-refractivity contribution in [3.8, 4) is 5.75 Å². The van der Waals surface area contributed by atoms with Crippen LogP contribution in [0.5, 0.6) is 5.75 Å². The van der Waals surface area contributed by atoms with E-state index in [0.29, 0.717) is 0 Å². The molecule has 0 aliphatic carbocycles. The number of phenols is 1. The number of benzene rings is 1. The zero-order valence-electron chi connectivity index (χ0n) is 11.9. The van der Waals surface area contributed by atoms with Crippen molar-refractivity contribution in [2.24, 2.45) is 0 Å². The number of nitrogens with zero attached hydrogens (tertiary/aromatic N) is 2. The summed E-state index contributed by atoms with van der Waals surface area (Å²) >= 11 is 0. The molecule has 2 aromatic rings. The van der Waals surface area contributed by atoms with Gasteiger partial charge in [-0.15, -0.1) is 0 Å². The minimum absolute atomic E-state index is 0.0307. The second-order valence-corrected chi connectivity index (χ2v) is 5.53. The van der Waals surface area contributed by atoms with Gasteiger partial charge in [-0.2, -0.15) is 0 Å². The second kappa shape index (κ2) is 5.21. The molecule has 19 heavy (non-hydrogen) atoms. The van der Waals surface area contributed by atoms with Crippen molar-refractivity contribution in [1.82, 2.24) is 9.47 Å². The Morgan fingerprint density at radius 1 is 1.32 bits per heavy atom. The number of phenolic OH excluding ortho intramolecular Hbond substituents is 1. The van der Waals surface area contributed by atoms with Crippen molar-refractivity contribution >= 4 is 10.9 Å². The SMILES string of the molecule is CC(C)n1cc(CCN(C)C)c2c(O)cc(F)cc21. The van der Waals surface area contributed by atoms with Crippen LogP contribution < -0.4 is 0 Å². The summed E-state index contributed by atoms with van der Waals surface area (Å²) in [6.07, 6.45) is 2.86. The Kier molecular flexibility index (Phi) is 3.80. The molecule has 0 fully saturated rings. The van der Waals surface area contributed by atoms with Crippen LogP contribution in [-0.4, -0.2) is 35.2 Å². The number of likely N-dealkylation sites (N-methyl/N-ethyl adjacent to an activating group) is 1. The Labute approximate surface area is 113 Å². The fraction of sp³-hybridized carbons (Fsp3) is 0.467. The van der Waals surface area contributed by atoms with E-state index in [1.165, 1.54) is 12.1 Å². The molecular formula is C15H21FN2O. The average Bonchev–Trinajstić information content (AvgIpc) is 2.65. The summed E-state index contributed by atoms with van der Waals surface area (Å²) in [6.45, 7) is 5.00. The maximum atomic E-state index is 13.5. The van der Waals surface area contributed by atoms with E-state index < -0.39 is 5.82 Å². The first-order valence-electron chi connectivity index (χ1n) is 6.56. The Morgan fingerprint density at radius 3 is 2.58 bits per heavy atom. The normalized spacial score (nSPS) is 11.9. The average molecular weight is 264 g/mol. The van der Waals surface area contributed by atoms with Gasteiger partial charge in [0.15, 0.2) is 0 Å². The summed E-state index contributed by atoms with van der Waals surface area (Å²) in [7, 11) is 4.03. The van der Waals surface area contributed by atoms with Gasteiger partial charge in [0.05, 0.1) is 5.52 Å². The third kappa shape index (κ3) is 2.73. The Hall–Kier alpha value is -1.55. The van der Waals surface area contributed by atoms with Gasteiger partial charge in [0.25, 0.3) is 0 Å². The molecule has 0 radical (unpaired) electrons. The van der Waals surface area contributed by atoms with E-state index in [9.17, 15) is 9.50 Å². The summed E-state index contributed by atoms with van der Waals surface area (Å²) in [5.41, 5.74) is 1.83. The molecule has 1 aromatic heterocycles. The minimum atomic E-state index is -0.399. The Bertz CT molecular complexity index is 587. The van der Waals surface area contributed by atoms with Crippen LogP contribution in [0.15, 0.2) is 18.3 Å². The number of rotatable bonds is 4. The number of aromatic hydroxyl groups is 1. The van der Waals surface area contributed by atoms with Gasteiger partial charge in [-0.25, -0.2) is 4.39 Å². The van der Waals surface area contributed by atoms with Gasteiger partial charge in [0.1, 0.15) is 11.6 Å². The van der Waals surface area contributed by atoms with Gasteiger partial charge in [0, 0.05) is 30.2 Å². The van der Waals surface area contributed by atoms with Gasteiger partial charge in [0.2, 0.25) is 0 Å². The summed E-state index contributed by atoms with van der Waals surface area (Å²) < 4.78 is 15.5. The molecule has 0 atom stereocenters. The lowest BCUT2D eigenvalue weighted by molar-refractivity contribution is 0.413. The summed E-state index contributed by atoms with van der Waals surface area (Å²) in [5, 5.41) is 10.8. The first kappa shape index (κ1) is 13.9. The zero-order valence-corrected chi connectivity index (χ0v) is 11.9. The van der Waals surface area contributed by atoms with Crippen LogP contribution >= 0.6 is 0 Å². The molecule has 1 aromatic carbocycles. The topological polar surface area (TPSA) is 28.4 Å². The molecule has 4 heteroatoms. The van der Waals surface area contributed by atoms with Crippen molar-refractivity contribution in [3.05, 3.63) is 29.7 Å². The number of hydrogen-bond donors (Lipinski definition) is 1. The molecule has 0 aliphatic rings. The van der Waals surface area contributed by atoms with Crippen LogP contribution in [0.4, 0.5) is 4.39 Å². The third-order valence-electron chi connectivity index (χ3n) is 3.34. The fourth-order valence-corrected chi connectivity index (χ4v) is 2.37. The first-order chi connectivity index (χ1) is 8.90. The predicted molar refractivity (Wildman–Crippen MR) is 76.2 cm³/mol. The van der Waals surface area contributed by atoms with Crippen molar-refractivity contribution < 1.29 is 9.50 Å². The van der Waals surface area contributed by atoms with E-state index in [-0.39, 0.29) is 11.8 Å². The predicted octanol–water partition coefficient (Wildman–Crippen LogP) is 3.17. The summed E-state index contributed by atoms with van der Waals surface area (Å²) in [5.74, 6) is -0.368. The number of halogens is 1. The molecule has 0 amide bonds. The molecule has 0 saturated carbocycles. The molecule has 3 nitrogen and oxygen atoms in total. The van der Waals surface area contributed by atoms with E-state index in [0.717, 1.165) is 29.4 Å². The number of aromatic nitrogens is 1.